The number of aromatic amines is 3. The zero-order valence-electron chi connectivity index (χ0n) is 69.4. The topological polar surface area (TPSA) is 703 Å². The number of carboxylic acid groups (broad SMARTS) is 2. The number of carbonyl (C=O) groups excluding carboxylic acids is 13. The summed E-state index contributed by atoms with van der Waals surface area (Å²) in [4.78, 5) is 230. The number of benzene rings is 1. The summed E-state index contributed by atoms with van der Waals surface area (Å²) in [5, 5.41) is 84.5. The van der Waals surface area contributed by atoms with Crippen LogP contribution in [0.4, 0.5) is 0 Å². The maximum atomic E-state index is 15.2. The molecule has 0 saturated heterocycles. The lowest BCUT2D eigenvalue weighted by atomic mass is 9.96. The average Bonchev–Trinajstić information content (AvgIpc) is 1.62. The van der Waals surface area contributed by atoms with Crippen LogP contribution in [0.25, 0.3) is 10.9 Å². The van der Waals surface area contributed by atoms with Gasteiger partial charge in [0.25, 0.3) is 0 Å². The van der Waals surface area contributed by atoms with E-state index >= 15 is 14.4 Å². The molecule has 29 N–H and O–H groups in total. The quantitative estimate of drug-likeness (QED) is 0.0112. The molecule has 0 saturated carbocycles. The molecule has 666 valence electrons. The van der Waals surface area contributed by atoms with Gasteiger partial charge in [-0.25, -0.2) is 14.8 Å². The van der Waals surface area contributed by atoms with Crippen LogP contribution in [0.5, 0.6) is 0 Å². The zero-order valence-corrected chi connectivity index (χ0v) is 69.4. The number of aliphatic hydroxyl groups excluding tert-OH is 3. The molecular formula is C77H123N23O20. The number of unbranched alkanes of at least 4 members (excludes halogenated alkanes) is 1. The van der Waals surface area contributed by atoms with E-state index in [0.29, 0.717) is 48.0 Å². The van der Waals surface area contributed by atoms with Crippen molar-refractivity contribution in [2.75, 3.05) is 26.3 Å². The average molecular weight is 1690 g/mol. The first-order chi connectivity index (χ1) is 56.7. The predicted molar refractivity (Wildman–Crippen MR) is 436 cm³/mol. The van der Waals surface area contributed by atoms with Crippen molar-refractivity contribution in [3.63, 3.8) is 0 Å². The Morgan fingerprint density at radius 1 is 0.458 bits per heavy atom. The fraction of sp³-hybridized carbons (Fsp3) is 0.610. The summed E-state index contributed by atoms with van der Waals surface area (Å²) >= 11 is 0. The number of aliphatic imine (C=N–C) groups is 1. The second-order valence-corrected chi connectivity index (χ2v) is 30.6. The van der Waals surface area contributed by atoms with E-state index in [4.69, 9.17) is 22.9 Å². The van der Waals surface area contributed by atoms with E-state index in [-0.39, 0.29) is 87.8 Å². The molecule has 0 radical (unpaired) electrons. The fourth-order valence-corrected chi connectivity index (χ4v) is 12.5. The van der Waals surface area contributed by atoms with Crippen molar-refractivity contribution in [3.8, 4) is 0 Å². The van der Waals surface area contributed by atoms with Crippen molar-refractivity contribution in [1.82, 2.24) is 94.0 Å². The Morgan fingerprint density at radius 2 is 0.875 bits per heavy atom. The normalized spacial score (nSPS) is 15.6. The Balaban J connectivity index is 1.66. The summed E-state index contributed by atoms with van der Waals surface area (Å²) in [6, 6.07) is -14.9. The number of amides is 13. The maximum absolute atomic E-state index is 15.2. The summed E-state index contributed by atoms with van der Waals surface area (Å²) in [7, 11) is 0. The first-order valence-electron chi connectivity index (χ1n) is 40.1. The monoisotopic (exact) mass is 1690 g/mol. The third-order valence-corrected chi connectivity index (χ3v) is 19.8. The molecule has 0 spiro atoms. The lowest BCUT2D eigenvalue weighted by Gasteiger charge is -2.30. The van der Waals surface area contributed by atoms with Gasteiger partial charge in [-0.15, -0.1) is 0 Å². The second-order valence-electron chi connectivity index (χ2n) is 30.6. The second kappa shape index (κ2) is 50.9. The Kier molecular flexibility index (Phi) is 42.7. The number of nitrogens with one attached hydrogen (secondary N) is 16. The lowest BCUT2D eigenvalue weighted by molar-refractivity contribution is -0.143. The fourth-order valence-electron chi connectivity index (χ4n) is 12.5. The van der Waals surface area contributed by atoms with Crippen molar-refractivity contribution in [2.24, 2.45) is 51.6 Å². The molecule has 0 aliphatic carbocycles. The molecule has 120 heavy (non-hydrogen) atoms. The third kappa shape index (κ3) is 33.6. The lowest BCUT2D eigenvalue weighted by Crippen LogP contribution is -2.63. The molecule has 0 unspecified atom stereocenters. The van der Waals surface area contributed by atoms with Gasteiger partial charge in [0.15, 0.2) is 5.96 Å². The largest absolute Gasteiger partial charge is 0.481 e. The van der Waals surface area contributed by atoms with Crippen molar-refractivity contribution >= 4 is 106 Å². The third-order valence-electron chi connectivity index (χ3n) is 19.8. The summed E-state index contributed by atoms with van der Waals surface area (Å²) in [5.41, 5.74) is 24.6. The van der Waals surface area contributed by atoms with Crippen LogP contribution in [-0.2, 0) is 91.2 Å². The number of hydrogen-bond acceptors (Lipinski definition) is 23. The van der Waals surface area contributed by atoms with Gasteiger partial charge < -0.3 is 133 Å². The Hall–Kier alpha value is -11.7. The van der Waals surface area contributed by atoms with Crippen LogP contribution in [-0.4, -0.2) is 262 Å². The highest BCUT2D eigenvalue weighted by Crippen LogP contribution is 2.21. The smallest absolute Gasteiger partial charge is 0.326 e. The minimum Gasteiger partial charge on any atom is -0.481 e. The van der Waals surface area contributed by atoms with Gasteiger partial charge in [-0.05, 0) is 101 Å². The number of carboxylic acids is 2. The number of para-hydroxylation sites is 1. The Morgan fingerprint density at radius 3 is 1.37 bits per heavy atom. The molecule has 0 fully saturated rings. The molecule has 1 aromatic carbocycles. The van der Waals surface area contributed by atoms with Crippen molar-refractivity contribution in [1.29, 1.82) is 0 Å². The minimum atomic E-state index is -1.93. The highest BCUT2D eigenvalue weighted by Gasteiger charge is 2.40. The van der Waals surface area contributed by atoms with Gasteiger partial charge in [0.1, 0.15) is 78.5 Å². The summed E-state index contributed by atoms with van der Waals surface area (Å²) in [6.07, 6.45) is 4.58. The van der Waals surface area contributed by atoms with E-state index in [1.165, 1.54) is 32.0 Å². The van der Waals surface area contributed by atoms with Crippen LogP contribution < -0.4 is 92.1 Å². The molecule has 0 bridgehead atoms. The number of aliphatic hydroxyl groups is 3. The summed E-state index contributed by atoms with van der Waals surface area (Å²) in [6.45, 7) is 14.2. The van der Waals surface area contributed by atoms with Crippen LogP contribution in [0.3, 0.4) is 0 Å². The molecule has 17 atom stereocenters. The Labute approximate surface area is 694 Å². The van der Waals surface area contributed by atoms with Crippen molar-refractivity contribution in [2.45, 2.75) is 250 Å². The first-order valence-corrected chi connectivity index (χ1v) is 40.1. The van der Waals surface area contributed by atoms with Crippen LogP contribution in [0.2, 0.25) is 0 Å². The van der Waals surface area contributed by atoms with Gasteiger partial charge in [-0.3, -0.25) is 72.1 Å². The van der Waals surface area contributed by atoms with Gasteiger partial charge in [0, 0.05) is 73.1 Å². The number of rotatable bonds is 55. The van der Waals surface area contributed by atoms with Crippen LogP contribution >= 0.6 is 0 Å². The number of hydrogen-bond donors (Lipinski definition) is 25. The van der Waals surface area contributed by atoms with E-state index in [1.54, 1.807) is 85.9 Å². The first kappa shape index (κ1) is 101. The minimum absolute atomic E-state index is 0.0123. The van der Waals surface area contributed by atoms with E-state index < -0.39 is 217 Å². The maximum Gasteiger partial charge on any atom is 0.326 e. The van der Waals surface area contributed by atoms with Gasteiger partial charge in [-0.2, -0.15) is 0 Å². The molecule has 13 amide bonds. The molecule has 0 aliphatic rings. The zero-order chi connectivity index (χ0) is 89.6. The van der Waals surface area contributed by atoms with E-state index in [1.807, 2.05) is 0 Å². The number of imidazole rings is 2. The number of nitrogens with two attached hydrogens (primary N) is 4. The molecule has 4 rings (SSSR count). The number of aliphatic carboxylic acids is 2. The summed E-state index contributed by atoms with van der Waals surface area (Å²) < 4.78 is 0. The van der Waals surface area contributed by atoms with E-state index in [9.17, 15) is 83.1 Å². The predicted octanol–water partition coefficient (Wildman–Crippen LogP) is -5.03. The molecule has 0 aliphatic heterocycles. The molecule has 3 aromatic heterocycles. The van der Waals surface area contributed by atoms with Crippen LogP contribution in [0.1, 0.15) is 157 Å². The SMILES string of the molecule is CC[C@H](C)[C@H](NC(=O)[C@H](CCCN=C(N)N)NC(=O)[C@H](Cc1cnc[nH]1)NC(=O)[C@@H](NC(=O)[C@@H](NC(=O)[C@@H](N)CCCCN)[C@@H](C)CC)[C@@H](C)O)C(=O)N[C@@H](Cc1cnc[nH]1)C(=O)N[C@@H](Cc1c[nH]c2ccccc12)C(=O)N[C@@H](CCC(=O)O)C(=O)N[C@@H](CO)C(=O)N[C@@H](C)C(=O)N[C@@H](CO)C(=O)N[C@@H](CC(C)C)C(=O)N[C@@H](CC(C)C)C(=O)O. The number of guanidine groups is 1. The van der Waals surface area contributed by atoms with E-state index in [2.05, 4.69) is 99.0 Å². The van der Waals surface area contributed by atoms with E-state index in [0.717, 1.165) is 6.92 Å². The number of nitrogens with zero attached hydrogens (tertiary/aromatic N) is 3. The van der Waals surface area contributed by atoms with Gasteiger partial charge in [-0.1, -0.05) is 92.9 Å². The van der Waals surface area contributed by atoms with Gasteiger partial charge >= 0.3 is 11.9 Å². The Bertz CT molecular complexity index is 4060. The molecule has 3 heterocycles. The van der Waals surface area contributed by atoms with Crippen LogP contribution in [0, 0.1) is 23.7 Å². The van der Waals surface area contributed by atoms with Crippen LogP contribution in [0.15, 0.2) is 60.5 Å². The highest BCUT2D eigenvalue weighted by atomic mass is 16.4. The molecule has 43 nitrogen and oxygen atoms in total. The summed E-state index contributed by atoms with van der Waals surface area (Å²) in [5.74, 6) is -17.8. The number of fused-ring (bicyclic) bond motifs is 1. The number of carbonyl (C=O) groups is 15. The van der Waals surface area contributed by atoms with Crippen molar-refractivity contribution in [3.05, 3.63) is 72.5 Å². The van der Waals surface area contributed by atoms with Gasteiger partial charge in [0.05, 0.1) is 38.0 Å². The standard InChI is InChI=1S/C77H123N23O20/c1-11-40(7)60(99-66(109)50(21-17-25-84-77(80)81)89-69(112)54(29-45-32-82-36-86-45)94-75(118)62(43(10)103)100-74(117)61(41(8)12-2)98-64(107)48(79)19-15-16-24-78)73(116)93-55(30-46-33-83-37-87-46)70(113)92-53(28-44-31-85-49-20-14-13-18-47(44)49)68(111)90-51(22-23-59(104)105)65(108)97-57(34-101)71(114)88-42(9)63(106)96-58(35-102)72(115)91-52(26-38(3)4)67(110)95-56(76(119)120)27-39(5)6/h13-14,18,20,31-33,36-43,48,50-58,60-62,85,101-103H,11-12,15-17,19,21-30,34-35,78-79H2,1-10H3,(H,82,86)(H,83,87)(H,88,114)(H,89,112)(H,90,111)(H,91,115)(H,92,113)(H,93,116)(H,94,118)(H,95,110)(H,96,106)(H,97,108)(H,98,107)(H,99,109)(H,100,117)(H,104,105)(H,119,120)(H4,80,81,84)/t40-,41-,42-,43+,48-,50-,51-,52-,53-,54-,55-,56-,57-,58-,60-,61-,62-/m0/s1. The van der Waals surface area contributed by atoms with Gasteiger partial charge in [0.2, 0.25) is 76.8 Å². The van der Waals surface area contributed by atoms with Crippen molar-refractivity contribution < 1.29 is 97.5 Å². The molecule has 4 aromatic rings. The number of aromatic nitrogens is 5. The number of H-pyrrole nitrogens is 3. The highest BCUT2D eigenvalue weighted by molar-refractivity contribution is 6.01. The molecule has 43 heteroatoms. The molecular weight excluding hydrogens is 1570 g/mol.